The minimum absolute atomic E-state index is 0.131. The van der Waals surface area contributed by atoms with Gasteiger partial charge in [-0.1, -0.05) is 13.8 Å². The number of esters is 1. The Labute approximate surface area is 163 Å². The third kappa shape index (κ3) is 5.09. The molecule has 6 nitrogen and oxygen atoms in total. The van der Waals surface area contributed by atoms with Crippen molar-refractivity contribution in [3.05, 3.63) is 11.6 Å². The summed E-state index contributed by atoms with van der Waals surface area (Å²) in [6.45, 7) is 10.6. The SMILES string of the molecule is CC(C)CC1CC(c2nnc([C@@H](CN)CC(=O)OC(C)(C)C)n2C2CC2)C1. The third-order valence-corrected chi connectivity index (χ3v) is 5.55. The number of carbonyl (C=O) groups is 1. The molecule has 0 unspecified atom stereocenters. The van der Waals surface area contributed by atoms with Crippen LogP contribution in [0.5, 0.6) is 0 Å². The van der Waals surface area contributed by atoms with Crippen molar-refractivity contribution in [2.75, 3.05) is 6.54 Å². The Hall–Kier alpha value is -1.43. The van der Waals surface area contributed by atoms with Crippen molar-refractivity contribution in [3.8, 4) is 0 Å². The topological polar surface area (TPSA) is 83.0 Å². The number of carbonyl (C=O) groups excluding carboxylic acids is 1. The number of rotatable bonds is 8. The van der Waals surface area contributed by atoms with E-state index in [0.29, 0.717) is 18.5 Å². The summed E-state index contributed by atoms with van der Waals surface area (Å²) in [7, 11) is 0. The summed E-state index contributed by atoms with van der Waals surface area (Å²) in [6.07, 6.45) is 6.32. The zero-order valence-electron chi connectivity index (χ0n) is 17.6. The predicted octanol–water partition coefficient (Wildman–Crippen LogP) is 3.93. The van der Waals surface area contributed by atoms with Gasteiger partial charge in [0.2, 0.25) is 0 Å². The summed E-state index contributed by atoms with van der Waals surface area (Å²) in [6, 6.07) is 0.488. The van der Waals surface area contributed by atoms with E-state index in [1.807, 2.05) is 20.8 Å². The third-order valence-electron chi connectivity index (χ3n) is 5.55. The van der Waals surface area contributed by atoms with Gasteiger partial charge in [-0.15, -0.1) is 10.2 Å². The molecule has 2 fully saturated rings. The summed E-state index contributed by atoms with van der Waals surface area (Å²) >= 11 is 0. The molecule has 1 heterocycles. The van der Waals surface area contributed by atoms with Crippen LogP contribution in [0, 0.1) is 11.8 Å². The smallest absolute Gasteiger partial charge is 0.307 e. The van der Waals surface area contributed by atoms with Crippen LogP contribution in [0.3, 0.4) is 0 Å². The van der Waals surface area contributed by atoms with Gasteiger partial charge < -0.3 is 15.0 Å². The fraction of sp³-hybridized carbons (Fsp3) is 0.857. The van der Waals surface area contributed by atoms with Crippen LogP contribution in [0.15, 0.2) is 0 Å². The van der Waals surface area contributed by atoms with E-state index >= 15 is 0 Å². The van der Waals surface area contributed by atoms with Gasteiger partial charge in [-0.05, 0) is 64.7 Å². The van der Waals surface area contributed by atoms with Crippen molar-refractivity contribution in [1.82, 2.24) is 14.8 Å². The Morgan fingerprint density at radius 1 is 1.26 bits per heavy atom. The second-order valence-corrected chi connectivity index (χ2v) is 9.90. The molecule has 27 heavy (non-hydrogen) atoms. The molecule has 6 heteroatoms. The largest absolute Gasteiger partial charge is 0.460 e. The fourth-order valence-electron chi connectivity index (χ4n) is 4.25. The second kappa shape index (κ2) is 7.90. The van der Waals surface area contributed by atoms with Gasteiger partial charge in [-0.25, -0.2) is 0 Å². The van der Waals surface area contributed by atoms with Crippen LogP contribution >= 0.6 is 0 Å². The lowest BCUT2D eigenvalue weighted by Crippen LogP contribution is -2.28. The monoisotopic (exact) mass is 376 g/mol. The van der Waals surface area contributed by atoms with Gasteiger partial charge in [0.1, 0.15) is 17.2 Å². The first-order valence-electron chi connectivity index (χ1n) is 10.5. The molecule has 0 spiro atoms. The zero-order valence-corrected chi connectivity index (χ0v) is 17.6. The van der Waals surface area contributed by atoms with E-state index in [9.17, 15) is 4.79 Å². The Balaban J connectivity index is 1.72. The van der Waals surface area contributed by atoms with Gasteiger partial charge >= 0.3 is 5.97 Å². The number of hydrogen-bond donors (Lipinski definition) is 1. The molecule has 0 radical (unpaired) electrons. The van der Waals surface area contributed by atoms with E-state index in [0.717, 1.165) is 23.5 Å². The number of hydrogen-bond acceptors (Lipinski definition) is 5. The first kappa shape index (κ1) is 20.3. The Morgan fingerprint density at radius 3 is 2.44 bits per heavy atom. The Bertz CT molecular complexity index is 652. The highest BCUT2D eigenvalue weighted by molar-refractivity contribution is 5.70. The molecule has 0 aromatic carbocycles. The van der Waals surface area contributed by atoms with Crippen molar-refractivity contribution in [1.29, 1.82) is 0 Å². The van der Waals surface area contributed by atoms with Crippen molar-refractivity contribution in [2.45, 2.75) is 96.6 Å². The van der Waals surface area contributed by atoms with Crippen LogP contribution in [-0.2, 0) is 9.53 Å². The predicted molar refractivity (Wildman–Crippen MR) is 105 cm³/mol. The van der Waals surface area contributed by atoms with Crippen LogP contribution in [0.4, 0.5) is 0 Å². The maximum absolute atomic E-state index is 12.3. The van der Waals surface area contributed by atoms with Crippen LogP contribution in [0.2, 0.25) is 0 Å². The molecule has 2 N–H and O–H groups in total. The van der Waals surface area contributed by atoms with E-state index in [1.54, 1.807) is 0 Å². The lowest BCUT2D eigenvalue weighted by molar-refractivity contribution is -0.155. The molecule has 0 saturated heterocycles. The fourth-order valence-corrected chi connectivity index (χ4v) is 4.25. The molecular formula is C21H36N4O2. The van der Waals surface area contributed by atoms with Crippen molar-refractivity contribution in [3.63, 3.8) is 0 Å². The quantitative estimate of drug-likeness (QED) is 0.695. The number of ether oxygens (including phenoxy) is 1. The maximum atomic E-state index is 12.3. The zero-order chi connectivity index (χ0) is 19.8. The van der Waals surface area contributed by atoms with E-state index in [1.165, 1.54) is 32.1 Å². The average molecular weight is 377 g/mol. The first-order valence-corrected chi connectivity index (χ1v) is 10.5. The molecule has 0 amide bonds. The Morgan fingerprint density at radius 2 is 1.93 bits per heavy atom. The summed E-state index contributed by atoms with van der Waals surface area (Å²) in [4.78, 5) is 12.3. The summed E-state index contributed by atoms with van der Waals surface area (Å²) in [5.41, 5.74) is 5.54. The molecule has 1 atom stereocenters. The van der Waals surface area contributed by atoms with Gasteiger partial charge in [0, 0.05) is 24.4 Å². The van der Waals surface area contributed by atoms with Crippen LogP contribution in [0.1, 0.15) is 103 Å². The van der Waals surface area contributed by atoms with E-state index in [-0.39, 0.29) is 18.3 Å². The summed E-state index contributed by atoms with van der Waals surface area (Å²) in [5.74, 6) is 3.73. The van der Waals surface area contributed by atoms with E-state index < -0.39 is 5.60 Å². The molecule has 0 aliphatic heterocycles. The summed E-state index contributed by atoms with van der Waals surface area (Å²) < 4.78 is 7.81. The van der Waals surface area contributed by atoms with Gasteiger partial charge in [0.25, 0.3) is 0 Å². The molecule has 1 aromatic rings. The van der Waals surface area contributed by atoms with Crippen molar-refractivity contribution < 1.29 is 9.53 Å². The molecule has 2 aliphatic carbocycles. The molecule has 2 saturated carbocycles. The highest BCUT2D eigenvalue weighted by Crippen LogP contribution is 2.47. The van der Waals surface area contributed by atoms with Crippen LogP contribution in [-0.4, -0.2) is 32.9 Å². The second-order valence-electron chi connectivity index (χ2n) is 9.90. The van der Waals surface area contributed by atoms with E-state index in [4.69, 9.17) is 10.5 Å². The van der Waals surface area contributed by atoms with Gasteiger partial charge in [0.15, 0.2) is 0 Å². The lowest BCUT2D eigenvalue weighted by atomic mass is 9.71. The molecule has 152 valence electrons. The standard InChI is InChI=1S/C21H36N4O2/c1-13(2)8-14-9-15(10-14)19-23-24-20(25(19)17-6-7-17)16(12-22)11-18(26)27-21(3,4)5/h13-17H,6-12,22H2,1-5H3/t14?,15?,16-/m1/s1. The molecule has 1 aromatic heterocycles. The van der Waals surface area contributed by atoms with Gasteiger partial charge in [-0.3, -0.25) is 4.79 Å². The van der Waals surface area contributed by atoms with Crippen molar-refractivity contribution in [2.24, 2.45) is 17.6 Å². The minimum atomic E-state index is -0.483. The summed E-state index contributed by atoms with van der Waals surface area (Å²) in [5, 5.41) is 9.08. The average Bonchev–Trinajstić information content (AvgIpc) is 3.25. The lowest BCUT2D eigenvalue weighted by Gasteiger charge is -2.36. The highest BCUT2D eigenvalue weighted by Gasteiger charge is 2.39. The number of aromatic nitrogens is 3. The minimum Gasteiger partial charge on any atom is -0.460 e. The molecule has 2 aliphatic rings. The molecular weight excluding hydrogens is 340 g/mol. The number of nitrogens with two attached hydrogens (primary N) is 1. The maximum Gasteiger partial charge on any atom is 0.307 e. The van der Waals surface area contributed by atoms with Crippen LogP contribution in [0.25, 0.3) is 0 Å². The normalized spacial score (nSPS) is 24.0. The Kier molecular flexibility index (Phi) is 5.94. The highest BCUT2D eigenvalue weighted by atomic mass is 16.6. The number of nitrogens with zero attached hydrogens (tertiary/aromatic N) is 3. The van der Waals surface area contributed by atoms with E-state index in [2.05, 4.69) is 28.6 Å². The first-order chi connectivity index (χ1) is 12.7. The molecule has 0 bridgehead atoms. The van der Waals surface area contributed by atoms with Crippen molar-refractivity contribution >= 4 is 5.97 Å². The van der Waals surface area contributed by atoms with Gasteiger partial charge in [-0.2, -0.15) is 0 Å². The van der Waals surface area contributed by atoms with Gasteiger partial charge in [0.05, 0.1) is 6.42 Å². The van der Waals surface area contributed by atoms with Crippen LogP contribution < -0.4 is 5.73 Å². The molecule has 3 rings (SSSR count).